The summed E-state index contributed by atoms with van der Waals surface area (Å²) >= 11 is 1.68. The van der Waals surface area contributed by atoms with Crippen LogP contribution in [-0.4, -0.2) is 4.98 Å². The van der Waals surface area contributed by atoms with Crippen LogP contribution in [0.1, 0.15) is 0 Å². The summed E-state index contributed by atoms with van der Waals surface area (Å²) in [6.45, 7) is 0. The second-order valence-electron chi connectivity index (χ2n) is 13.5. The molecule has 0 aliphatic rings. The van der Waals surface area contributed by atoms with Crippen molar-refractivity contribution in [2.45, 2.75) is 0 Å². The summed E-state index contributed by atoms with van der Waals surface area (Å²) in [5.74, 6) is 0. The van der Waals surface area contributed by atoms with Crippen molar-refractivity contribution in [3.05, 3.63) is 182 Å². The maximum absolute atomic E-state index is 6.59. The molecule has 0 atom stereocenters. The van der Waals surface area contributed by atoms with Gasteiger partial charge in [0, 0.05) is 39.3 Å². The van der Waals surface area contributed by atoms with E-state index in [1.165, 1.54) is 22.3 Å². The van der Waals surface area contributed by atoms with E-state index in [1.54, 1.807) is 11.3 Å². The van der Waals surface area contributed by atoms with Crippen molar-refractivity contribution in [2.24, 2.45) is 0 Å². The number of anilines is 3. The quantitative estimate of drug-likeness (QED) is 0.172. The molecule has 0 amide bonds. The highest BCUT2D eigenvalue weighted by atomic mass is 32.1. The lowest BCUT2D eigenvalue weighted by Gasteiger charge is -2.25. The molecule has 0 bridgehead atoms. The van der Waals surface area contributed by atoms with Gasteiger partial charge in [0.2, 0.25) is 0 Å². The number of furan rings is 2. The first kappa shape index (κ1) is 30.7. The SMILES string of the molecule is c1ccc(-c2ccc(-c3ccc(N(c4ccccc4)c4ccc5c(c4)oc4ccc6sc(-c7cccc8c7oc7ccccc78)nc6c45)cc3)cc2)cc1. The molecule has 254 valence electrons. The van der Waals surface area contributed by atoms with Crippen LogP contribution in [0, 0.1) is 0 Å². The van der Waals surface area contributed by atoms with E-state index in [-0.39, 0.29) is 0 Å². The molecule has 54 heavy (non-hydrogen) atoms. The van der Waals surface area contributed by atoms with Gasteiger partial charge in [-0.25, -0.2) is 4.98 Å². The minimum absolute atomic E-state index is 0.819. The van der Waals surface area contributed by atoms with E-state index in [0.29, 0.717) is 0 Å². The van der Waals surface area contributed by atoms with Crippen LogP contribution in [0.25, 0.3) is 86.9 Å². The summed E-state index contributed by atoms with van der Waals surface area (Å²) in [5, 5.41) is 5.22. The van der Waals surface area contributed by atoms with E-state index in [4.69, 9.17) is 13.8 Å². The second-order valence-corrected chi connectivity index (χ2v) is 14.6. The number of nitrogens with zero attached hydrogens (tertiary/aromatic N) is 2. The highest BCUT2D eigenvalue weighted by molar-refractivity contribution is 7.21. The maximum atomic E-state index is 6.59. The predicted molar refractivity (Wildman–Crippen MR) is 225 cm³/mol. The first-order chi connectivity index (χ1) is 26.7. The Morgan fingerprint density at radius 2 is 1.06 bits per heavy atom. The third-order valence-corrected chi connectivity index (χ3v) is 11.4. The number of fused-ring (bicyclic) bond motifs is 8. The Kier molecular flexibility index (Phi) is 7.00. The number of hydrogen-bond acceptors (Lipinski definition) is 5. The molecule has 0 fully saturated rings. The Bertz CT molecular complexity index is 3140. The Balaban J connectivity index is 0.978. The van der Waals surface area contributed by atoms with Gasteiger partial charge in [-0.2, -0.15) is 0 Å². The summed E-state index contributed by atoms with van der Waals surface area (Å²) in [5.41, 5.74) is 13.3. The van der Waals surface area contributed by atoms with Crippen LogP contribution in [0.3, 0.4) is 0 Å². The molecule has 11 rings (SSSR count). The van der Waals surface area contributed by atoms with E-state index < -0.39 is 0 Å². The molecule has 0 aliphatic carbocycles. The molecule has 0 saturated heterocycles. The van der Waals surface area contributed by atoms with Crippen LogP contribution in [0.15, 0.2) is 191 Å². The van der Waals surface area contributed by atoms with Crippen LogP contribution >= 0.6 is 11.3 Å². The molecule has 0 N–H and O–H groups in total. The Hall–Kier alpha value is -6.95. The predicted octanol–water partition coefficient (Wildman–Crippen LogP) is 14.6. The van der Waals surface area contributed by atoms with E-state index in [1.807, 2.05) is 24.3 Å². The van der Waals surface area contributed by atoms with E-state index in [0.717, 1.165) is 81.7 Å². The monoisotopic (exact) mass is 710 g/mol. The van der Waals surface area contributed by atoms with Crippen LogP contribution in [0.4, 0.5) is 17.1 Å². The minimum atomic E-state index is 0.819. The van der Waals surface area contributed by atoms with Gasteiger partial charge in [0.05, 0.1) is 21.2 Å². The molecule has 3 aromatic heterocycles. The van der Waals surface area contributed by atoms with Crippen molar-refractivity contribution in [1.29, 1.82) is 0 Å². The molecular weight excluding hydrogens is 681 g/mol. The van der Waals surface area contributed by atoms with Crippen molar-refractivity contribution in [3.63, 3.8) is 0 Å². The lowest BCUT2D eigenvalue weighted by molar-refractivity contribution is 0.669. The normalized spacial score (nSPS) is 11.7. The number of benzene rings is 8. The lowest BCUT2D eigenvalue weighted by atomic mass is 10.00. The van der Waals surface area contributed by atoms with Gasteiger partial charge in [-0.05, 0) is 82.9 Å². The number of rotatable bonds is 6. The topological polar surface area (TPSA) is 42.4 Å². The number of para-hydroxylation sites is 3. The fourth-order valence-electron chi connectivity index (χ4n) is 7.72. The van der Waals surface area contributed by atoms with Crippen LogP contribution < -0.4 is 4.90 Å². The van der Waals surface area contributed by atoms with Gasteiger partial charge in [-0.15, -0.1) is 11.3 Å². The van der Waals surface area contributed by atoms with Crippen molar-refractivity contribution >= 4 is 82.5 Å². The van der Waals surface area contributed by atoms with Crippen LogP contribution in [0.2, 0.25) is 0 Å². The molecule has 0 unspecified atom stereocenters. The Labute approximate surface area is 314 Å². The highest BCUT2D eigenvalue weighted by Crippen LogP contribution is 2.44. The largest absolute Gasteiger partial charge is 0.456 e. The summed E-state index contributed by atoms with van der Waals surface area (Å²) < 4.78 is 14.1. The third-order valence-electron chi connectivity index (χ3n) is 10.3. The molecular formula is C49H30N2O2S. The van der Waals surface area contributed by atoms with Crippen LogP contribution in [-0.2, 0) is 0 Å². The van der Waals surface area contributed by atoms with Crippen molar-refractivity contribution in [1.82, 2.24) is 4.98 Å². The summed E-state index contributed by atoms with van der Waals surface area (Å²) in [4.78, 5) is 7.53. The zero-order valence-corrected chi connectivity index (χ0v) is 29.8. The van der Waals surface area contributed by atoms with E-state index >= 15 is 0 Å². The summed E-state index contributed by atoms with van der Waals surface area (Å²) in [6, 6.07) is 63.7. The zero-order valence-electron chi connectivity index (χ0n) is 28.9. The Morgan fingerprint density at radius 3 is 1.83 bits per heavy atom. The second kappa shape index (κ2) is 12.3. The first-order valence-corrected chi connectivity index (χ1v) is 18.8. The van der Waals surface area contributed by atoms with Gasteiger partial charge in [-0.1, -0.05) is 115 Å². The fourth-order valence-corrected chi connectivity index (χ4v) is 8.72. The van der Waals surface area contributed by atoms with Crippen molar-refractivity contribution in [2.75, 3.05) is 4.90 Å². The van der Waals surface area contributed by atoms with Crippen molar-refractivity contribution in [3.8, 4) is 32.8 Å². The average molecular weight is 711 g/mol. The van der Waals surface area contributed by atoms with Crippen LogP contribution in [0.5, 0.6) is 0 Å². The number of aromatic nitrogens is 1. The molecule has 4 nitrogen and oxygen atoms in total. The summed E-state index contributed by atoms with van der Waals surface area (Å²) in [6.07, 6.45) is 0. The standard InChI is InChI=1S/C49H30N2O2S/c1-3-10-31(11-4-1)32-18-20-33(21-19-32)34-22-24-36(25-23-34)51(35-12-5-2-6-13-35)37-26-27-40-44(30-37)52-43-28-29-45-47(46(40)43)50-49(54-45)41-16-9-15-39-38-14-7-8-17-42(38)53-48(39)41/h1-30H. The van der Waals surface area contributed by atoms with E-state index in [2.05, 4.69) is 163 Å². The third kappa shape index (κ3) is 5.01. The maximum Gasteiger partial charge on any atom is 0.145 e. The zero-order chi connectivity index (χ0) is 35.6. The molecule has 11 aromatic rings. The number of thiazole rings is 1. The minimum Gasteiger partial charge on any atom is -0.456 e. The van der Waals surface area contributed by atoms with Gasteiger partial charge in [0.15, 0.2) is 0 Å². The average Bonchev–Trinajstić information content (AvgIpc) is 3.95. The van der Waals surface area contributed by atoms with Crippen molar-refractivity contribution < 1.29 is 8.83 Å². The molecule has 5 heteroatoms. The van der Waals surface area contributed by atoms with Gasteiger partial charge in [0.1, 0.15) is 27.3 Å². The van der Waals surface area contributed by atoms with E-state index in [9.17, 15) is 0 Å². The molecule has 0 aliphatic heterocycles. The fraction of sp³-hybridized carbons (Fsp3) is 0. The lowest BCUT2D eigenvalue weighted by Crippen LogP contribution is -2.09. The van der Waals surface area contributed by atoms with Gasteiger partial charge in [0.25, 0.3) is 0 Å². The molecule has 8 aromatic carbocycles. The molecule has 0 saturated carbocycles. The van der Waals surface area contributed by atoms with Gasteiger partial charge in [-0.3, -0.25) is 0 Å². The first-order valence-electron chi connectivity index (χ1n) is 18.0. The van der Waals surface area contributed by atoms with Gasteiger partial charge < -0.3 is 13.7 Å². The highest BCUT2D eigenvalue weighted by Gasteiger charge is 2.20. The molecule has 0 spiro atoms. The summed E-state index contributed by atoms with van der Waals surface area (Å²) in [7, 11) is 0. The molecule has 0 radical (unpaired) electrons. The molecule has 3 heterocycles. The number of hydrogen-bond donors (Lipinski definition) is 0. The van der Waals surface area contributed by atoms with Gasteiger partial charge >= 0.3 is 0 Å². The smallest absolute Gasteiger partial charge is 0.145 e. The Morgan fingerprint density at radius 1 is 0.426 bits per heavy atom.